The van der Waals surface area contributed by atoms with Gasteiger partial charge in [0.05, 0.1) is 4.53 Å². The molecule has 0 spiro atoms. The first kappa shape index (κ1) is 17.6. The van der Waals surface area contributed by atoms with E-state index in [0.717, 1.165) is 22.4 Å². The van der Waals surface area contributed by atoms with Crippen molar-refractivity contribution >= 4 is 40.6 Å². The molecular weight excluding hydrogens is 382 g/mol. The summed E-state index contributed by atoms with van der Waals surface area (Å²) in [6.45, 7) is 1.98. The van der Waals surface area contributed by atoms with Crippen molar-refractivity contribution in [2.24, 2.45) is 0 Å². The lowest BCUT2D eigenvalue weighted by Gasteiger charge is -2.22. The van der Waals surface area contributed by atoms with Gasteiger partial charge in [0.25, 0.3) is 5.56 Å². The van der Waals surface area contributed by atoms with Crippen molar-refractivity contribution in [3.8, 4) is 5.75 Å². The monoisotopic (exact) mass is 399 g/mol. The summed E-state index contributed by atoms with van der Waals surface area (Å²) in [6.07, 6.45) is 7.56. The van der Waals surface area contributed by atoms with Gasteiger partial charge >= 0.3 is 0 Å². The van der Waals surface area contributed by atoms with Crippen LogP contribution in [0.5, 0.6) is 5.75 Å². The first-order chi connectivity index (χ1) is 14.2. The zero-order valence-electron chi connectivity index (χ0n) is 15.6. The molecular formula is C23H17N3O2S. The average Bonchev–Trinajstić information content (AvgIpc) is 3.27. The van der Waals surface area contributed by atoms with Crippen LogP contribution in [0.2, 0.25) is 0 Å². The van der Waals surface area contributed by atoms with Crippen LogP contribution in [-0.4, -0.2) is 20.7 Å². The topological polar surface area (TPSA) is 56.5 Å². The van der Waals surface area contributed by atoms with E-state index in [4.69, 9.17) is 4.74 Å². The molecule has 3 heterocycles. The number of aromatic nitrogens is 3. The Labute approximate surface area is 170 Å². The minimum Gasteiger partial charge on any atom is -0.485 e. The number of thiazole rings is 1. The molecule has 29 heavy (non-hydrogen) atoms. The first-order valence-electron chi connectivity index (χ1n) is 9.29. The number of rotatable bonds is 3. The van der Waals surface area contributed by atoms with E-state index in [0.29, 0.717) is 15.3 Å². The number of hydrogen-bond acceptors (Lipinski definition) is 5. The van der Waals surface area contributed by atoms with Crippen LogP contribution in [0.25, 0.3) is 29.3 Å². The molecule has 0 bridgehead atoms. The van der Waals surface area contributed by atoms with E-state index in [2.05, 4.69) is 16.2 Å². The Morgan fingerprint density at radius 1 is 1.07 bits per heavy atom. The highest BCUT2D eigenvalue weighted by atomic mass is 32.1. The third-order valence-corrected chi connectivity index (χ3v) is 5.69. The molecule has 0 saturated carbocycles. The first-order valence-corrected chi connectivity index (χ1v) is 10.1. The van der Waals surface area contributed by atoms with Crippen molar-refractivity contribution in [2.45, 2.75) is 13.0 Å². The van der Waals surface area contributed by atoms with Gasteiger partial charge in [-0.15, -0.1) is 5.10 Å². The molecule has 0 radical (unpaired) electrons. The molecule has 0 N–H and O–H groups in total. The van der Waals surface area contributed by atoms with Gasteiger partial charge in [-0.1, -0.05) is 65.9 Å². The highest BCUT2D eigenvalue weighted by molar-refractivity contribution is 7.15. The van der Waals surface area contributed by atoms with Gasteiger partial charge in [0.1, 0.15) is 11.9 Å². The molecule has 4 aromatic rings. The van der Waals surface area contributed by atoms with Gasteiger partial charge in [-0.25, -0.2) is 0 Å². The summed E-state index contributed by atoms with van der Waals surface area (Å²) < 4.78 is 7.92. The minimum atomic E-state index is -0.163. The molecule has 5 nitrogen and oxygen atoms in total. The van der Waals surface area contributed by atoms with E-state index in [1.165, 1.54) is 15.9 Å². The van der Waals surface area contributed by atoms with Crippen LogP contribution in [0.15, 0.2) is 65.0 Å². The van der Waals surface area contributed by atoms with E-state index >= 15 is 0 Å². The third kappa shape index (κ3) is 3.39. The number of benzene rings is 2. The Balaban J connectivity index is 1.50. The molecule has 5 rings (SSSR count). The largest absolute Gasteiger partial charge is 0.485 e. The van der Waals surface area contributed by atoms with Gasteiger partial charge in [-0.3, -0.25) is 4.79 Å². The molecule has 0 saturated heterocycles. The van der Waals surface area contributed by atoms with Crippen molar-refractivity contribution in [1.82, 2.24) is 14.6 Å². The Bertz CT molecular complexity index is 1370. The smallest absolute Gasteiger partial charge is 0.291 e. The summed E-state index contributed by atoms with van der Waals surface area (Å²) >= 11 is 1.33. The Morgan fingerprint density at radius 3 is 2.69 bits per heavy atom. The highest BCUT2D eigenvalue weighted by Crippen LogP contribution is 2.29. The molecule has 2 aromatic heterocycles. The number of fused-ring (bicyclic) bond motifs is 2. The quantitative estimate of drug-likeness (QED) is 0.527. The van der Waals surface area contributed by atoms with Crippen LogP contribution in [0.3, 0.4) is 0 Å². The minimum absolute atomic E-state index is 0.129. The van der Waals surface area contributed by atoms with Crippen LogP contribution in [0.1, 0.15) is 23.9 Å². The summed E-state index contributed by atoms with van der Waals surface area (Å²) in [5.41, 5.74) is 2.86. The normalized spacial score (nSPS) is 16.8. The summed E-state index contributed by atoms with van der Waals surface area (Å²) in [5, 5.41) is 4.34. The van der Waals surface area contributed by atoms with Crippen LogP contribution < -0.4 is 14.8 Å². The molecule has 2 aromatic carbocycles. The summed E-state index contributed by atoms with van der Waals surface area (Å²) in [5.74, 6) is 1.38. The second-order valence-electron chi connectivity index (χ2n) is 6.77. The van der Waals surface area contributed by atoms with E-state index in [1.54, 1.807) is 0 Å². The van der Waals surface area contributed by atoms with Crippen molar-refractivity contribution in [1.29, 1.82) is 0 Å². The third-order valence-electron chi connectivity index (χ3n) is 4.73. The fraction of sp³-hybridized carbons (Fsp3) is 0.0870. The summed E-state index contributed by atoms with van der Waals surface area (Å²) in [7, 11) is 0. The maximum Gasteiger partial charge on any atom is 0.291 e. The van der Waals surface area contributed by atoms with Gasteiger partial charge in [0.2, 0.25) is 4.96 Å². The standard InChI is InChI=1S/C23H17N3O2S/c1-15-18(13-17-9-5-6-10-19(17)28-15)14-20-22(27)26-23(29-20)24-21(25-26)12-11-16-7-3-2-4-8-16/h2-15H,1H3/b12-11+,20-14-. The van der Waals surface area contributed by atoms with Gasteiger partial charge in [0, 0.05) is 5.56 Å². The average molecular weight is 399 g/mol. The van der Waals surface area contributed by atoms with Gasteiger partial charge in [-0.2, -0.15) is 9.50 Å². The van der Waals surface area contributed by atoms with Gasteiger partial charge in [0.15, 0.2) is 5.82 Å². The Hall–Kier alpha value is -3.51. The van der Waals surface area contributed by atoms with E-state index in [1.807, 2.05) is 79.7 Å². The van der Waals surface area contributed by atoms with Crippen LogP contribution in [-0.2, 0) is 0 Å². The van der Waals surface area contributed by atoms with Crippen LogP contribution in [0.4, 0.5) is 0 Å². The van der Waals surface area contributed by atoms with Crippen LogP contribution in [0, 0.1) is 0 Å². The van der Waals surface area contributed by atoms with Crippen molar-refractivity contribution in [3.05, 3.63) is 92.0 Å². The highest BCUT2D eigenvalue weighted by Gasteiger charge is 2.18. The van der Waals surface area contributed by atoms with Crippen molar-refractivity contribution in [3.63, 3.8) is 0 Å². The molecule has 6 heteroatoms. The molecule has 0 aliphatic carbocycles. The Morgan fingerprint density at radius 2 is 1.86 bits per heavy atom. The fourth-order valence-electron chi connectivity index (χ4n) is 3.23. The van der Waals surface area contributed by atoms with Crippen molar-refractivity contribution < 1.29 is 4.74 Å². The lowest BCUT2D eigenvalue weighted by atomic mass is 10.0. The van der Waals surface area contributed by atoms with Crippen LogP contribution >= 0.6 is 11.3 Å². The lowest BCUT2D eigenvalue weighted by molar-refractivity contribution is 0.259. The predicted molar refractivity (Wildman–Crippen MR) is 117 cm³/mol. The second kappa shape index (κ2) is 7.14. The summed E-state index contributed by atoms with van der Waals surface area (Å²) in [4.78, 5) is 17.8. The maximum atomic E-state index is 12.8. The zero-order chi connectivity index (χ0) is 19.8. The SMILES string of the molecule is CC1Oc2ccccc2C=C1/C=c1\sc2nc(/C=C/c3ccccc3)nn2c1=O. The molecule has 0 fully saturated rings. The second-order valence-corrected chi connectivity index (χ2v) is 7.78. The molecule has 1 atom stereocenters. The predicted octanol–water partition coefficient (Wildman–Crippen LogP) is 3.69. The van der Waals surface area contributed by atoms with Gasteiger partial charge < -0.3 is 4.74 Å². The summed E-state index contributed by atoms with van der Waals surface area (Å²) in [6, 6.07) is 17.8. The lowest BCUT2D eigenvalue weighted by Crippen LogP contribution is -2.26. The fourth-order valence-corrected chi connectivity index (χ4v) is 4.14. The number of hydrogen-bond donors (Lipinski definition) is 0. The molecule has 1 unspecified atom stereocenters. The van der Waals surface area contributed by atoms with Gasteiger partial charge in [-0.05, 0) is 42.4 Å². The van der Waals surface area contributed by atoms with Crippen molar-refractivity contribution in [2.75, 3.05) is 0 Å². The molecule has 1 aliphatic rings. The zero-order valence-corrected chi connectivity index (χ0v) is 16.5. The maximum absolute atomic E-state index is 12.8. The number of para-hydroxylation sites is 1. The van der Waals surface area contributed by atoms with E-state index < -0.39 is 0 Å². The Kier molecular flexibility index (Phi) is 4.33. The van der Waals surface area contributed by atoms with E-state index in [-0.39, 0.29) is 11.7 Å². The molecule has 0 amide bonds. The number of nitrogens with zero attached hydrogens (tertiary/aromatic N) is 3. The molecule has 142 valence electrons. The number of ether oxygens (including phenoxy) is 1. The molecule has 1 aliphatic heterocycles. The van der Waals surface area contributed by atoms with E-state index in [9.17, 15) is 4.79 Å².